The van der Waals surface area contributed by atoms with Gasteiger partial charge in [0.2, 0.25) is 0 Å². The first-order valence-corrected chi connectivity index (χ1v) is 20.0. The van der Waals surface area contributed by atoms with Gasteiger partial charge in [-0.15, -0.1) is 0 Å². The van der Waals surface area contributed by atoms with Crippen LogP contribution in [-0.4, -0.2) is 23.5 Å². The fourth-order valence-corrected chi connectivity index (χ4v) is 8.20. The van der Waals surface area contributed by atoms with Crippen molar-refractivity contribution in [2.45, 2.75) is 5.51 Å². The molecule has 3 aromatic heterocycles. The number of aromatic nitrogens is 2. The molecule has 0 radical (unpaired) electrons. The molecule has 11 heteroatoms. The summed E-state index contributed by atoms with van der Waals surface area (Å²) in [5.41, 5.74) is 3.29. The van der Waals surface area contributed by atoms with Gasteiger partial charge in [0.1, 0.15) is 11.3 Å². The van der Waals surface area contributed by atoms with E-state index in [0.29, 0.717) is 33.3 Å². The Morgan fingerprint density at radius 1 is 0.576 bits per heavy atom. The summed E-state index contributed by atoms with van der Waals surface area (Å²) in [5, 5.41) is 2.99. The lowest BCUT2D eigenvalue weighted by Crippen LogP contribution is -2.28. The average molecular weight is 802 g/mol. The van der Waals surface area contributed by atoms with Crippen molar-refractivity contribution in [3.8, 4) is 33.7 Å². The van der Waals surface area contributed by atoms with E-state index in [9.17, 15) is 21.6 Å². The van der Waals surface area contributed by atoms with Gasteiger partial charge < -0.3 is 18.1 Å². The first-order valence-electron chi connectivity index (χ1n) is 18.6. The van der Waals surface area contributed by atoms with Crippen LogP contribution in [0.25, 0.3) is 71.7 Å². The van der Waals surface area contributed by atoms with Crippen molar-refractivity contribution >= 4 is 70.9 Å². The first kappa shape index (κ1) is 36.0. The van der Waals surface area contributed by atoms with Crippen LogP contribution in [0.1, 0.15) is 0 Å². The van der Waals surface area contributed by atoms with Crippen LogP contribution >= 0.6 is 0 Å². The standard InChI is InChI=1S/C48H30F3N3O4S/c49-48(50,51)59(55,56)58-38-28-42-41-27-34(33-19-23-44-40(26-33)39-15-7-8-16-43(39)54(44)37-14-9-25-52-30-37)20-24-46(41)57-47(42)45(29-38)53(35-12-5-2-6-13-35)36-21-17-32(18-22-36)31-10-3-1-4-11-31/h1-30H. The molecule has 3 heterocycles. The first-order chi connectivity index (χ1) is 28.6. The van der Waals surface area contributed by atoms with E-state index in [1.165, 1.54) is 12.1 Å². The van der Waals surface area contributed by atoms with Crippen LogP contribution in [0.3, 0.4) is 0 Å². The van der Waals surface area contributed by atoms with Gasteiger partial charge >= 0.3 is 15.6 Å². The fourth-order valence-electron chi connectivity index (χ4n) is 7.76. The third-order valence-corrected chi connectivity index (χ3v) is 11.4. The van der Waals surface area contributed by atoms with E-state index in [-0.39, 0.29) is 5.69 Å². The molecule has 288 valence electrons. The Morgan fingerprint density at radius 2 is 1.20 bits per heavy atom. The molecule has 10 rings (SSSR count). The molecule has 0 spiro atoms. The van der Waals surface area contributed by atoms with E-state index in [2.05, 4.69) is 33.8 Å². The highest BCUT2D eigenvalue weighted by Crippen LogP contribution is 2.46. The molecule has 0 fully saturated rings. The number of rotatable bonds is 8. The summed E-state index contributed by atoms with van der Waals surface area (Å²) in [4.78, 5) is 6.15. The SMILES string of the molecule is O=S(=O)(Oc1cc(N(c2ccccc2)c2ccc(-c3ccccc3)cc2)c2oc3ccc(-c4ccc5c(c4)c4ccccc4n5-c4cccnc4)cc3c2c1)C(F)(F)F. The highest BCUT2D eigenvalue weighted by molar-refractivity contribution is 7.88. The van der Waals surface area contributed by atoms with Crippen LogP contribution in [0.5, 0.6) is 5.75 Å². The van der Waals surface area contributed by atoms with Crippen molar-refractivity contribution in [3.63, 3.8) is 0 Å². The molecule has 7 aromatic carbocycles. The molecule has 0 aliphatic carbocycles. The lowest BCUT2D eigenvalue weighted by molar-refractivity contribution is -0.0500. The van der Waals surface area contributed by atoms with Gasteiger partial charge in [0.25, 0.3) is 0 Å². The maximum atomic E-state index is 13.8. The van der Waals surface area contributed by atoms with E-state index in [1.54, 1.807) is 11.1 Å². The number of fused-ring (bicyclic) bond motifs is 6. The third-order valence-electron chi connectivity index (χ3n) is 10.4. The van der Waals surface area contributed by atoms with Crippen molar-refractivity contribution in [2.24, 2.45) is 0 Å². The predicted molar refractivity (Wildman–Crippen MR) is 227 cm³/mol. The van der Waals surface area contributed by atoms with Crippen LogP contribution in [-0.2, 0) is 10.1 Å². The van der Waals surface area contributed by atoms with Crippen molar-refractivity contribution < 1.29 is 30.2 Å². The number of anilines is 3. The molecule has 0 unspecified atom stereocenters. The molecule has 0 atom stereocenters. The fraction of sp³-hybridized carbons (Fsp3) is 0.0208. The Morgan fingerprint density at radius 3 is 1.93 bits per heavy atom. The Bertz CT molecular complexity index is 3300. The number of benzene rings is 7. The van der Waals surface area contributed by atoms with Gasteiger partial charge in [-0.3, -0.25) is 4.98 Å². The molecular weight excluding hydrogens is 772 g/mol. The second-order valence-corrected chi connectivity index (χ2v) is 15.5. The highest BCUT2D eigenvalue weighted by Gasteiger charge is 2.48. The second-order valence-electron chi connectivity index (χ2n) is 14.0. The van der Waals surface area contributed by atoms with Gasteiger partial charge in [0.15, 0.2) is 5.58 Å². The Hall–Kier alpha value is -7.37. The monoisotopic (exact) mass is 801 g/mol. The maximum Gasteiger partial charge on any atom is 0.534 e. The number of para-hydroxylation sites is 2. The summed E-state index contributed by atoms with van der Waals surface area (Å²) < 4.78 is 79.9. The van der Waals surface area contributed by atoms with Crippen LogP contribution < -0.4 is 9.08 Å². The Balaban J connectivity index is 1.17. The summed E-state index contributed by atoms with van der Waals surface area (Å²) in [5.74, 6) is -0.524. The maximum absolute atomic E-state index is 13.8. The van der Waals surface area contributed by atoms with Gasteiger partial charge in [-0.05, 0) is 95.1 Å². The van der Waals surface area contributed by atoms with Gasteiger partial charge in [0, 0.05) is 45.2 Å². The minimum absolute atomic E-state index is 0.274. The Labute approximate surface area is 335 Å². The number of alkyl halides is 3. The number of pyridine rings is 1. The van der Waals surface area contributed by atoms with Crippen LogP contribution in [0.4, 0.5) is 30.2 Å². The topological polar surface area (TPSA) is 77.6 Å². The number of hydrogen-bond acceptors (Lipinski definition) is 6. The zero-order valence-corrected chi connectivity index (χ0v) is 31.7. The molecule has 0 bridgehead atoms. The largest absolute Gasteiger partial charge is 0.534 e. The average Bonchev–Trinajstić information content (AvgIpc) is 3.79. The van der Waals surface area contributed by atoms with Gasteiger partial charge in [-0.25, -0.2) is 0 Å². The number of halogens is 3. The van der Waals surface area contributed by atoms with E-state index in [1.807, 2.05) is 140 Å². The van der Waals surface area contributed by atoms with Crippen LogP contribution in [0, 0.1) is 0 Å². The molecule has 0 amide bonds. The van der Waals surface area contributed by atoms with Gasteiger partial charge in [-0.1, -0.05) is 91.0 Å². The summed E-state index contributed by atoms with van der Waals surface area (Å²) in [7, 11) is -6.03. The number of furan rings is 1. The predicted octanol–water partition coefficient (Wildman–Crippen LogP) is 13.1. The van der Waals surface area contributed by atoms with E-state index in [0.717, 1.165) is 49.7 Å². The normalized spacial score (nSPS) is 12.1. The summed E-state index contributed by atoms with van der Waals surface area (Å²) in [6, 6.07) is 53.1. The van der Waals surface area contributed by atoms with Gasteiger partial charge in [-0.2, -0.15) is 21.6 Å². The summed E-state index contributed by atoms with van der Waals surface area (Å²) in [6.07, 6.45) is 3.56. The van der Waals surface area contributed by atoms with Crippen molar-refractivity contribution in [1.82, 2.24) is 9.55 Å². The quantitative estimate of drug-likeness (QED) is 0.112. The minimum Gasteiger partial charge on any atom is -0.454 e. The highest BCUT2D eigenvalue weighted by atomic mass is 32.2. The lowest BCUT2D eigenvalue weighted by Gasteiger charge is -2.26. The molecule has 7 nitrogen and oxygen atoms in total. The Kier molecular flexibility index (Phi) is 8.50. The zero-order valence-electron chi connectivity index (χ0n) is 30.8. The van der Waals surface area contributed by atoms with Crippen LogP contribution in [0.15, 0.2) is 187 Å². The van der Waals surface area contributed by atoms with Gasteiger partial charge in [0.05, 0.1) is 28.6 Å². The second kappa shape index (κ2) is 13.9. The number of nitrogens with zero attached hydrogens (tertiary/aromatic N) is 3. The molecule has 59 heavy (non-hydrogen) atoms. The van der Waals surface area contributed by atoms with Crippen LogP contribution in [0.2, 0.25) is 0 Å². The van der Waals surface area contributed by atoms with E-state index in [4.69, 9.17) is 8.60 Å². The number of hydrogen-bond donors (Lipinski definition) is 0. The smallest absolute Gasteiger partial charge is 0.454 e. The third kappa shape index (κ3) is 6.32. The molecule has 0 saturated heterocycles. The molecule has 0 aliphatic heterocycles. The summed E-state index contributed by atoms with van der Waals surface area (Å²) in [6.45, 7) is 0. The zero-order chi connectivity index (χ0) is 40.3. The van der Waals surface area contributed by atoms with E-state index >= 15 is 0 Å². The van der Waals surface area contributed by atoms with Crippen molar-refractivity contribution in [3.05, 3.63) is 182 Å². The molecule has 0 saturated carbocycles. The lowest BCUT2D eigenvalue weighted by atomic mass is 10.0. The molecule has 0 aliphatic rings. The van der Waals surface area contributed by atoms with Crippen molar-refractivity contribution in [2.75, 3.05) is 4.90 Å². The molecule has 10 aromatic rings. The molecule has 0 N–H and O–H groups in total. The van der Waals surface area contributed by atoms with Crippen molar-refractivity contribution in [1.29, 1.82) is 0 Å². The van der Waals surface area contributed by atoms with E-state index < -0.39 is 21.4 Å². The molecular formula is C48H30F3N3O4S. The summed E-state index contributed by atoms with van der Waals surface area (Å²) >= 11 is 0. The minimum atomic E-state index is -6.03.